The highest BCUT2D eigenvalue weighted by Crippen LogP contribution is 2.34. The van der Waals surface area contributed by atoms with Gasteiger partial charge in [0.15, 0.2) is 0 Å². The summed E-state index contributed by atoms with van der Waals surface area (Å²) < 4.78 is 96.3. The van der Waals surface area contributed by atoms with Crippen LogP contribution in [0.2, 0.25) is 0 Å². The molecule has 2 unspecified atom stereocenters. The molecule has 1 saturated carbocycles. The van der Waals surface area contributed by atoms with Crippen molar-refractivity contribution < 1.29 is 34.6 Å². The topological polar surface area (TPSA) is 67.2 Å². The summed E-state index contributed by atoms with van der Waals surface area (Å²) in [5, 5.41) is 7.34. The summed E-state index contributed by atoms with van der Waals surface area (Å²) in [6.07, 6.45) is 4.70. The van der Waals surface area contributed by atoms with Crippen LogP contribution >= 0.6 is 0 Å². The van der Waals surface area contributed by atoms with Gasteiger partial charge in [-0.1, -0.05) is 25.3 Å². The Morgan fingerprint density at radius 2 is 1.46 bits per heavy atom. The van der Waals surface area contributed by atoms with Gasteiger partial charge in [-0.05, 0) is 18.8 Å². The van der Waals surface area contributed by atoms with Crippen LogP contribution in [0.3, 0.4) is 0 Å². The molecule has 1 aliphatic carbocycles. The van der Waals surface area contributed by atoms with Gasteiger partial charge in [0.1, 0.15) is 5.25 Å². The fourth-order valence-electron chi connectivity index (χ4n) is 2.88. The van der Waals surface area contributed by atoms with Crippen molar-refractivity contribution in [2.75, 3.05) is 0 Å². The largest absolute Gasteiger partial charge is 0.376 e. The second-order valence-electron chi connectivity index (χ2n) is 5.80. The Kier molecular flexibility index (Phi) is 6.23. The fourth-order valence-corrected chi connectivity index (χ4v) is 4.50. The number of hydrogen-bond donors (Lipinski definition) is 0. The molecule has 2 rings (SSSR count). The van der Waals surface area contributed by atoms with Crippen molar-refractivity contribution in [2.45, 2.75) is 37.4 Å². The van der Waals surface area contributed by atoms with Gasteiger partial charge >= 0.3 is 10.1 Å². The Bertz CT molecular complexity index is 835. The Balaban J connectivity index is 2.44. The van der Waals surface area contributed by atoms with Crippen LogP contribution < -0.4 is 4.18 Å². The van der Waals surface area contributed by atoms with Crippen LogP contribution in [0, 0.1) is 46.3 Å². The molecule has 142 valence electrons. The third-order valence-corrected chi connectivity index (χ3v) is 5.89. The molecule has 26 heavy (non-hydrogen) atoms. The molecule has 2 atom stereocenters. The number of rotatable bonds is 4. The van der Waals surface area contributed by atoms with Gasteiger partial charge in [0, 0.05) is 6.08 Å². The summed E-state index contributed by atoms with van der Waals surface area (Å²) in [6.45, 7) is 0. The van der Waals surface area contributed by atoms with E-state index in [1.54, 1.807) is 6.07 Å². The van der Waals surface area contributed by atoms with Crippen LogP contribution in [0.15, 0.2) is 12.2 Å². The molecule has 1 fully saturated rings. The summed E-state index contributed by atoms with van der Waals surface area (Å²) in [5.41, 5.74) is 0. The molecular weight excluding hydrogens is 381 g/mol. The summed E-state index contributed by atoms with van der Waals surface area (Å²) in [7, 11) is -4.73. The van der Waals surface area contributed by atoms with Crippen molar-refractivity contribution in [3.05, 3.63) is 41.2 Å². The molecule has 1 aromatic carbocycles. The predicted octanol–water partition coefficient (Wildman–Crippen LogP) is 4.12. The first kappa shape index (κ1) is 20.2. The van der Waals surface area contributed by atoms with Crippen molar-refractivity contribution in [3.63, 3.8) is 0 Å². The lowest BCUT2D eigenvalue weighted by Crippen LogP contribution is -2.32. The van der Waals surface area contributed by atoms with Gasteiger partial charge in [0.25, 0.3) is 0 Å². The molecule has 0 N–H and O–H groups in total. The average Bonchev–Trinajstić information content (AvgIpc) is 2.86. The second kappa shape index (κ2) is 8.03. The van der Waals surface area contributed by atoms with E-state index in [4.69, 9.17) is 5.26 Å². The zero-order valence-electron chi connectivity index (χ0n) is 13.3. The van der Waals surface area contributed by atoms with E-state index in [9.17, 15) is 30.4 Å². The van der Waals surface area contributed by atoms with E-state index in [0.717, 1.165) is 6.08 Å². The van der Waals surface area contributed by atoms with Gasteiger partial charge in [0.05, 0.1) is 6.07 Å². The van der Waals surface area contributed by atoms with E-state index in [-0.39, 0.29) is 6.42 Å². The fraction of sp³-hybridized carbons (Fsp3) is 0.438. The van der Waals surface area contributed by atoms with Gasteiger partial charge < -0.3 is 4.18 Å². The highest BCUT2D eigenvalue weighted by atomic mass is 32.2. The van der Waals surface area contributed by atoms with Gasteiger partial charge in [0.2, 0.25) is 34.8 Å². The summed E-state index contributed by atoms with van der Waals surface area (Å²) in [6, 6.07) is 1.72. The van der Waals surface area contributed by atoms with E-state index in [0.29, 0.717) is 25.7 Å². The molecular formula is C16H14F5NO3S. The lowest BCUT2D eigenvalue weighted by atomic mass is 9.99. The first-order chi connectivity index (χ1) is 12.2. The van der Waals surface area contributed by atoms with Crippen molar-refractivity contribution >= 4 is 10.1 Å². The van der Waals surface area contributed by atoms with Crippen molar-refractivity contribution in [3.8, 4) is 11.8 Å². The van der Waals surface area contributed by atoms with Crippen LogP contribution in [0.25, 0.3) is 0 Å². The minimum Gasteiger partial charge on any atom is -0.376 e. The van der Waals surface area contributed by atoms with Crippen LogP contribution in [0.5, 0.6) is 5.75 Å². The van der Waals surface area contributed by atoms with E-state index in [1.807, 2.05) is 0 Å². The minimum atomic E-state index is -4.73. The quantitative estimate of drug-likeness (QED) is 0.192. The summed E-state index contributed by atoms with van der Waals surface area (Å²) >= 11 is 0. The maximum Gasteiger partial charge on any atom is 0.312 e. The average molecular weight is 395 g/mol. The molecule has 0 radical (unpaired) electrons. The lowest BCUT2D eigenvalue weighted by molar-refractivity contribution is 0.342. The Morgan fingerprint density at radius 1 is 0.923 bits per heavy atom. The maximum atomic E-state index is 13.7. The number of allylic oxidation sites excluding steroid dienone is 2. The van der Waals surface area contributed by atoms with Crippen molar-refractivity contribution in [1.29, 1.82) is 5.26 Å². The molecule has 0 aliphatic heterocycles. The number of nitrogens with zero attached hydrogens (tertiary/aromatic N) is 1. The van der Waals surface area contributed by atoms with Gasteiger partial charge in [-0.25, -0.2) is 13.2 Å². The third kappa shape index (κ3) is 3.98. The predicted molar refractivity (Wildman–Crippen MR) is 80.9 cm³/mol. The first-order valence-electron chi connectivity index (χ1n) is 7.71. The number of nitriles is 1. The van der Waals surface area contributed by atoms with E-state index >= 15 is 0 Å². The van der Waals surface area contributed by atoms with Gasteiger partial charge in [-0.3, -0.25) is 0 Å². The van der Waals surface area contributed by atoms with Crippen LogP contribution in [-0.2, 0) is 10.1 Å². The van der Waals surface area contributed by atoms with Crippen molar-refractivity contribution in [2.24, 2.45) is 5.92 Å². The molecule has 10 heteroatoms. The Labute approximate surface area is 147 Å². The summed E-state index contributed by atoms with van der Waals surface area (Å²) in [5.74, 6) is -14.2. The highest BCUT2D eigenvalue weighted by Gasteiger charge is 2.38. The highest BCUT2D eigenvalue weighted by molar-refractivity contribution is 7.87. The lowest BCUT2D eigenvalue weighted by Gasteiger charge is -2.22. The smallest absolute Gasteiger partial charge is 0.312 e. The summed E-state index contributed by atoms with van der Waals surface area (Å²) in [4.78, 5) is 0. The Hall–Kier alpha value is -2.15. The molecule has 0 aromatic heterocycles. The zero-order chi connectivity index (χ0) is 19.5. The standard InChI is InChI=1S/C16H14F5NO3S/c17-11-12(18)14(20)16(15(21)13(11)19)25-26(23,24)10-7-3-1-2-5-9(10)6-4-8-22/h4,6,9-10H,1-3,5,7H2. The molecule has 1 aromatic rings. The van der Waals surface area contributed by atoms with Crippen LogP contribution in [-0.4, -0.2) is 13.7 Å². The molecule has 0 amide bonds. The van der Waals surface area contributed by atoms with E-state index in [2.05, 4.69) is 4.18 Å². The Morgan fingerprint density at radius 3 is 2.04 bits per heavy atom. The first-order valence-corrected chi connectivity index (χ1v) is 9.18. The van der Waals surface area contributed by atoms with Crippen LogP contribution in [0.1, 0.15) is 32.1 Å². The minimum absolute atomic E-state index is 0.0676. The second-order valence-corrected chi connectivity index (χ2v) is 7.56. The molecule has 4 nitrogen and oxygen atoms in total. The molecule has 0 saturated heterocycles. The van der Waals surface area contributed by atoms with Gasteiger partial charge in [-0.15, -0.1) is 0 Å². The third-order valence-electron chi connectivity index (χ3n) is 4.16. The van der Waals surface area contributed by atoms with E-state index < -0.39 is 56.1 Å². The van der Waals surface area contributed by atoms with Crippen LogP contribution in [0.4, 0.5) is 22.0 Å². The normalized spacial score (nSPS) is 21.4. The zero-order valence-corrected chi connectivity index (χ0v) is 14.1. The number of benzene rings is 1. The molecule has 0 spiro atoms. The number of halogens is 5. The maximum absolute atomic E-state index is 13.7. The molecule has 1 aliphatic rings. The van der Waals surface area contributed by atoms with Gasteiger partial charge in [-0.2, -0.15) is 22.5 Å². The number of hydrogen-bond acceptors (Lipinski definition) is 4. The molecule has 0 bridgehead atoms. The molecule has 0 heterocycles. The van der Waals surface area contributed by atoms with E-state index in [1.165, 1.54) is 6.08 Å². The monoisotopic (exact) mass is 395 g/mol. The SMILES string of the molecule is N#CC=CC1CCCCCC1S(=O)(=O)Oc1c(F)c(F)c(F)c(F)c1F. The van der Waals surface area contributed by atoms with Crippen molar-refractivity contribution in [1.82, 2.24) is 0 Å².